The fourth-order valence-corrected chi connectivity index (χ4v) is 1.71. The highest BCUT2D eigenvalue weighted by atomic mass is 16.5. The van der Waals surface area contributed by atoms with Gasteiger partial charge in [-0.3, -0.25) is 0 Å². The molecule has 21 heavy (non-hydrogen) atoms. The lowest BCUT2D eigenvalue weighted by molar-refractivity contribution is -0.139. The lowest BCUT2D eigenvalue weighted by atomic mass is 10.1. The third kappa shape index (κ3) is 6.13. The van der Waals surface area contributed by atoms with E-state index in [0.717, 1.165) is 11.3 Å². The number of nitrogens with one attached hydrogen (secondary N) is 2. The van der Waals surface area contributed by atoms with Crippen LogP contribution in [0, 0.1) is 0 Å². The van der Waals surface area contributed by atoms with Gasteiger partial charge >= 0.3 is 12.0 Å². The molecule has 0 aliphatic rings. The van der Waals surface area contributed by atoms with Crippen LogP contribution >= 0.6 is 0 Å². The molecule has 4 N–H and O–H groups in total. The SMILES string of the molecule is COc1ccc(CCNC(=O)NC(CCO)C(=O)O)cc1. The Balaban J connectivity index is 2.33. The van der Waals surface area contributed by atoms with Gasteiger partial charge in [0, 0.05) is 19.6 Å². The predicted octanol–water partition coefficient (Wildman–Crippen LogP) is 0.373. The Morgan fingerprint density at radius 3 is 2.48 bits per heavy atom. The second-order valence-corrected chi connectivity index (χ2v) is 4.40. The summed E-state index contributed by atoms with van der Waals surface area (Å²) in [4.78, 5) is 22.4. The zero-order valence-electron chi connectivity index (χ0n) is 11.8. The molecule has 0 fully saturated rings. The summed E-state index contributed by atoms with van der Waals surface area (Å²) in [6.45, 7) is 0.0761. The lowest BCUT2D eigenvalue weighted by Gasteiger charge is -2.14. The van der Waals surface area contributed by atoms with Gasteiger partial charge in [0.25, 0.3) is 0 Å². The van der Waals surface area contributed by atoms with Gasteiger partial charge in [0.05, 0.1) is 7.11 Å². The Morgan fingerprint density at radius 1 is 1.29 bits per heavy atom. The van der Waals surface area contributed by atoms with E-state index in [1.807, 2.05) is 24.3 Å². The predicted molar refractivity (Wildman–Crippen MR) is 76.4 cm³/mol. The second kappa shape index (κ2) is 8.80. The maximum Gasteiger partial charge on any atom is 0.326 e. The highest BCUT2D eigenvalue weighted by Gasteiger charge is 2.18. The monoisotopic (exact) mass is 296 g/mol. The topological polar surface area (TPSA) is 108 Å². The number of ether oxygens (including phenoxy) is 1. The summed E-state index contributed by atoms with van der Waals surface area (Å²) in [7, 11) is 1.59. The van der Waals surface area contributed by atoms with E-state index >= 15 is 0 Å². The summed E-state index contributed by atoms with van der Waals surface area (Å²) in [5.74, 6) is -0.410. The number of aliphatic carboxylic acids is 1. The first-order valence-corrected chi connectivity index (χ1v) is 6.57. The standard InChI is InChI=1S/C14H20N2O5/c1-21-11-4-2-10(3-5-11)6-8-15-14(20)16-12(7-9-17)13(18)19/h2-5,12,17H,6-9H2,1H3,(H,18,19)(H2,15,16,20). The average molecular weight is 296 g/mol. The van der Waals surface area contributed by atoms with Crippen molar-refractivity contribution < 1.29 is 24.5 Å². The van der Waals surface area contributed by atoms with Crippen LogP contribution < -0.4 is 15.4 Å². The number of aliphatic hydroxyl groups excluding tert-OH is 1. The van der Waals surface area contributed by atoms with E-state index in [4.69, 9.17) is 14.9 Å². The maximum absolute atomic E-state index is 11.5. The fraction of sp³-hybridized carbons (Fsp3) is 0.429. The second-order valence-electron chi connectivity index (χ2n) is 4.40. The van der Waals surface area contributed by atoms with E-state index in [1.165, 1.54) is 0 Å². The summed E-state index contributed by atoms with van der Waals surface area (Å²) in [6, 6.07) is 5.79. The van der Waals surface area contributed by atoms with Crippen molar-refractivity contribution in [2.75, 3.05) is 20.3 Å². The zero-order chi connectivity index (χ0) is 15.7. The molecule has 1 aromatic carbocycles. The van der Waals surface area contributed by atoms with Crippen molar-refractivity contribution in [2.45, 2.75) is 18.9 Å². The molecule has 7 heteroatoms. The van der Waals surface area contributed by atoms with Gasteiger partial charge in [-0.15, -0.1) is 0 Å². The first kappa shape index (κ1) is 16.8. The number of carbonyl (C=O) groups excluding carboxylic acids is 1. The highest BCUT2D eigenvalue weighted by molar-refractivity contribution is 5.82. The van der Waals surface area contributed by atoms with Crippen LogP contribution in [0.15, 0.2) is 24.3 Å². The van der Waals surface area contributed by atoms with Crippen molar-refractivity contribution in [2.24, 2.45) is 0 Å². The normalized spacial score (nSPS) is 11.5. The third-order valence-electron chi connectivity index (χ3n) is 2.88. The molecule has 1 aromatic rings. The minimum Gasteiger partial charge on any atom is -0.497 e. The summed E-state index contributed by atoms with van der Waals surface area (Å²) >= 11 is 0. The van der Waals surface area contributed by atoms with Crippen LogP contribution in [0.25, 0.3) is 0 Å². The molecule has 1 unspecified atom stereocenters. The van der Waals surface area contributed by atoms with Crippen LogP contribution in [0.4, 0.5) is 4.79 Å². The molecule has 0 bridgehead atoms. The number of methoxy groups -OCH3 is 1. The van der Waals surface area contributed by atoms with Gasteiger partial charge in [-0.1, -0.05) is 12.1 Å². The number of benzene rings is 1. The summed E-state index contributed by atoms with van der Waals surface area (Å²) < 4.78 is 5.05. The summed E-state index contributed by atoms with van der Waals surface area (Å²) in [6.07, 6.45) is 0.594. The van der Waals surface area contributed by atoms with Crippen LogP contribution in [0.2, 0.25) is 0 Å². The molecule has 0 aliphatic heterocycles. The molecule has 0 radical (unpaired) electrons. The molecule has 1 rings (SSSR count). The molecule has 116 valence electrons. The Bertz CT molecular complexity index is 461. The van der Waals surface area contributed by atoms with Gasteiger partial charge < -0.3 is 25.6 Å². The lowest BCUT2D eigenvalue weighted by Crippen LogP contribution is -2.46. The molecule has 0 aliphatic carbocycles. The van der Waals surface area contributed by atoms with Gasteiger partial charge in [0.2, 0.25) is 0 Å². The van der Waals surface area contributed by atoms with Gasteiger partial charge in [-0.25, -0.2) is 9.59 Å². The van der Waals surface area contributed by atoms with E-state index in [-0.39, 0.29) is 13.0 Å². The number of urea groups is 1. The van der Waals surface area contributed by atoms with Crippen molar-refractivity contribution in [1.29, 1.82) is 0 Å². The number of aliphatic hydroxyl groups is 1. The molecule has 2 amide bonds. The number of hydrogen-bond donors (Lipinski definition) is 4. The third-order valence-corrected chi connectivity index (χ3v) is 2.88. The Labute approximate surface area is 122 Å². The van der Waals surface area contributed by atoms with Crippen LogP contribution in [0.1, 0.15) is 12.0 Å². The first-order chi connectivity index (χ1) is 10.1. The van der Waals surface area contributed by atoms with Crippen LogP contribution in [-0.2, 0) is 11.2 Å². The van der Waals surface area contributed by atoms with Crippen LogP contribution in [-0.4, -0.2) is 48.5 Å². The Kier molecular flexibility index (Phi) is 7.03. The van der Waals surface area contributed by atoms with Crippen molar-refractivity contribution in [3.05, 3.63) is 29.8 Å². The van der Waals surface area contributed by atoms with Crippen molar-refractivity contribution in [3.8, 4) is 5.75 Å². The Hall–Kier alpha value is -2.28. The van der Waals surface area contributed by atoms with Gasteiger partial charge in [-0.05, 0) is 24.1 Å². The number of hydrogen-bond acceptors (Lipinski definition) is 4. The number of amides is 2. The van der Waals surface area contributed by atoms with Crippen molar-refractivity contribution in [1.82, 2.24) is 10.6 Å². The molecular formula is C14H20N2O5. The highest BCUT2D eigenvalue weighted by Crippen LogP contribution is 2.11. The molecule has 7 nitrogen and oxygen atoms in total. The van der Waals surface area contributed by atoms with Gasteiger partial charge in [0.1, 0.15) is 11.8 Å². The average Bonchev–Trinajstić information content (AvgIpc) is 2.47. The number of carboxylic acids is 1. The van der Waals surface area contributed by atoms with E-state index in [1.54, 1.807) is 7.11 Å². The molecule has 0 saturated carbocycles. The molecular weight excluding hydrogens is 276 g/mol. The van der Waals surface area contributed by atoms with E-state index in [2.05, 4.69) is 10.6 Å². The van der Waals surface area contributed by atoms with Gasteiger partial charge in [-0.2, -0.15) is 0 Å². The molecule has 1 atom stereocenters. The largest absolute Gasteiger partial charge is 0.497 e. The number of carbonyl (C=O) groups is 2. The van der Waals surface area contributed by atoms with E-state index in [9.17, 15) is 9.59 Å². The summed E-state index contributed by atoms with van der Waals surface area (Å²) in [5, 5.41) is 22.4. The molecule has 0 aromatic heterocycles. The Morgan fingerprint density at radius 2 is 1.95 bits per heavy atom. The minimum atomic E-state index is -1.17. The van der Waals surface area contributed by atoms with Crippen molar-refractivity contribution >= 4 is 12.0 Å². The number of carboxylic acid groups (broad SMARTS) is 1. The maximum atomic E-state index is 11.5. The van der Waals surface area contributed by atoms with E-state index < -0.39 is 18.0 Å². The quantitative estimate of drug-likeness (QED) is 0.554. The molecule has 0 heterocycles. The minimum absolute atomic E-state index is 0.0266. The van der Waals surface area contributed by atoms with Gasteiger partial charge in [0.15, 0.2) is 0 Å². The van der Waals surface area contributed by atoms with Crippen LogP contribution in [0.5, 0.6) is 5.75 Å². The van der Waals surface area contributed by atoms with E-state index in [0.29, 0.717) is 13.0 Å². The smallest absolute Gasteiger partial charge is 0.326 e. The molecule has 0 spiro atoms. The first-order valence-electron chi connectivity index (χ1n) is 6.57. The van der Waals surface area contributed by atoms with Crippen molar-refractivity contribution in [3.63, 3.8) is 0 Å². The number of rotatable bonds is 8. The summed E-state index contributed by atoms with van der Waals surface area (Å²) in [5.41, 5.74) is 1.03. The molecule has 0 saturated heterocycles. The van der Waals surface area contributed by atoms with Crippen LogP contribution in [0.3, 0.4) is 0 Å². The zero-order valence-corrected chi connectivity index (χ0v) is 11.8. The fourth-order valence-electron chi connectivity index (χ4n) is 1.71.